The molecule has 0 amide bonds. The Morgan fingerprint density at radius 1 is 1.19 bits per heavy atom. The normalized spacial score (nSPS) is 19.7. The van der Waals surface area contributed by atoms with Crippen molar-refractivity contribution in [2.24, 2.45) is 0 Å². The molecule has 2 nitrogen and oxygen atoms in total. The van der Waals surface area contributed by atoms with Gasteiger partial charge in [-0.3, -0.25) is 0 Å². The molecule has 1 aliphatic carbocycles. The molecule has 1 fully saturated rings. The highest BCUT2D eigenvalue weighted by molar-refractivity contribution is 6.42. The molecule has 0 aromatic heterocycles. The Hall–Kier alpha value is -0.280. The predicted molar refractivity (Wildman–Crippen MR) is 92.5 cm³/mol. The van der Waals surface area contributed by atoms with Crippen LogP contribution in [0.15, 0.2) is 18.2 Å². The zero-order chi connectivity index (χ0) is 15.5. The molecule has 1 atom stereocenters. The van der Waals surface area contributed by atoms with Crippen LogP contribution >= 0.6 is 23.2 Å². The van der Waals surface area contributed by atoms with Crippen LogP contribution in [0.3, 0.4) is 0 Å². The van der Waals surface area contributed by atoms with Crippen LogP contribution in [0.4, 0.5) is 0 Å². The largest absolute Gasteiger partial charge is 0.315 e. The highest BCUT2D eigenvalue weighted by Gasteiger charge is 2.41. The summed E-state index contributed by atoms with van der Waals surface area (Å²) in [5, 5.41) is 4.89. The van der Waals surface area contributed by atoms with Crippen molar-refractivity contribution in [3.8, 4) is 0 Å². The fourth-order valence-corrected chi connectivity index (χ4v) is 4.16. The van der Waals surface area contributed by atoms with Crippen molar-refractivity contribution in [3.63, 3.8) is 0 Å². The van der Waals surface area contributed by atoms with Crippen molar-refractivity contribution >= 4 is 23.2 Å². The first-order valence-corrected chi connectivity index (χ1v) is 8.54. The van der Waals surface area contributed by atoms with E-state index >= 15 is 0 Å². The van der Waals surface area contributed by atoms with Crippen molar-refractivity contribution in [1.82, 2.24) is 10.2 Å². The Morgan fingerprint density at radius 2 is 1.86 bits per heavy atom. The Balaban J connectivity index is 2.27. The lowest BCUT2D eigenvalue weighted by molar-refractivity contribution is 0.0598. The Kier molecular flexibility index (Phi) is 5.96. The highest BCUT2D eigenvalue weighted by Crippen LogP contribution is 2.37. The third kappa shape index (κ3) is 3.56. The standard InChI is InChI=1S/C17H26Cl2N2/c1-20-15(12-13-8-7-9-14(18)16(13)19)17(21(2)3)10-5-4-6-11-17/h7-9,15,20H,4-6,10-12H2,1-3H3. The van der Waals surface area contributed by atoms with Crippen LogP contribution in [0.2, 0.25) is 10.0 Å². The molecule has 2 rings (SSSR count). The molecule has 21 heavy (non-hydrogen) atoms. The monoisotopic (exact) mass is 328 g/mol. The zero-order valence-corrected chi connectivity index (χ0v) is 14.8. The van der Waals surface area contributed by atoms with Gasteiger partial charge in [0.25, 0.3) is 0 Å². The summed E-state index contributed by atoms with van der Waals surface area (Å²) in [7, 11) is 6.47. The lowest BCUT2D eigenvalue weighted by Gasteiger charge is -2.48. The van der Waals surface area contributed by atoms with Gasteiger partial charge < -0.3 is 10.2 Å². The van der Waals surface area contributed by atoms with Gasteiger partial charge in [-0.2, -0.15) is 0 Å². The van der Waals surface area contributed by atoms with E-state index in [1.54, 1.807) is 0 Å². The molecule has 0 radical (unpaired) electrons. The molecule has 1 aromatic carbocycles. The van der Waals surface area contributed by atoms with Gasteiger partial charge in [-0.15, -0.1) is 0 Å². The van der Waals surface area contributed by atoms with E-state index in [-0.39, 0.29) is 5.54 Å². The van der Waals surface area contributed by atoms with Gasteiger partial charge in [0.1, 0.15) is 0 Å². The fraction of sp³-hybridized carbons (Fsp3) is 0.647. The second kappa shape index (κ2) is 7.32. The van der Waals surface area contributed by atoms with E-state index < -0.39 is 0 Å². The number of likely N-dealkylation sites (N-methyl/N-ethyl adjacent to an activating group) is 2. The smallest absolute Gasteiger partial charge is 0.0624 e. The summed E-state index contributed by atoms with van der Waals surface area (Å²) >= 11 is 12.5. The number of nitrogens with one attached hydrogen (secondary N) is 1. The predicted octanol–water partition coefficient (Wildman–Crippen LogP) is 4.39. The first-order chi connectivity index (χ1) is 10.0. The van der Waals surface area contributed by atoms with Gasteiger partial charge in [-0.1, -0.05) is 54.6 Å². The van der Waals surface area contributed by atoms with Crippen LogP contribution in [0, 0.1) is 0 Å². The lowest BCUT2D eigenvalue weighted by atomic mass is 9.73. The molecule has 0 aliphatic heterocycles. The molecule has 1 aliphatic rings. The average Bonchev–Trinajstić information content (AvgIpc) is 2.49. The van der Waals surface area contributed by atoms with E-state index in [1.807, 2.05) is 12.1 Å². The number of hydrogen-bond donors (Lipinski definition) is 1. The quantitative estimate of drug-likeness (QED) is 0.862. The summed E-state index contributed by atoms with van der Waals surface area (Å²) in [6.07, 6.45) is 7.35. The molecular weight excluding hydrogens is 303 g/mol. The van der Waals surface area contributed by atoms with E-state index in [0.29, 0.717) is 16.1 Å². The number of nitrogens with zero attached hydrogens (tertiary/aromatic N) is 1. The topological polar surface area (TPSA) is 15.3 Å². The summed E-state index contributed by atoms with van der Waals surface area (Å²) in [4.78, 5) is 2.41. The van der Waals surface area contributed by atoms with Gasteiger partial charge in [0.05, 0.1) is 10.0 Å². The van der Waals surface area contributed by atoms with E-state index in [9.17, 15) is 0 Å². The first kappa shape index (κ1) is 17.1. The number of hydrogen-bond acceptors (Lipinski definition) is 2. The van der Waals surface area contributed by atoms with Gasteiger partial charge in [0, 0.05) is 11.6 Å². The molecule has 1 aromatic rings. The van der Waals surface area contributed by atoms with Crippen LogP contribution in [-0.2, 0) is 6.42 Å². The van der Waals surface area contributed by atoms with Gasteiger partial charge in [0.2, 0.25) is 0 Å². The number of benzene rings is 1. The summed E-state index contributed by atoms with van der Waals surface area (Å²) in [6, 6.07) is 6.30. The zero-order valence-electron chi connectivity index (χ0n) is 13.3. The summed E-state index contributed by atoms with van der Waals surface area (Å²) < 4.78 is 0. The molecule has 1 N–H and O–H groups in total. The molecule has 0 saturated heterocycles. The summed E-state index contributed by atoms with van der Waals surface area (Å²) in [5.74, 6) is 0. The maximum absolute atomic E-state index is 6.38. The average molecular weight is 329 g/mol. The first-order valence-electron chi connectivity index (χ1n) is 7.79. The van der Waals surface area contributed by atoms with Crippen molar-refractivity contribution in [2.45, 2.75) is 50.1 Å². The van der Waals surface area contributed by atoms with Crippen LogP contribution in [0.5, 0.6) is 0 Å². The van der Waals surface area contributed by atoms with E-state index in [0.717, 1.165) is 12.0 Å². The summed E-state index contributed by atoms with van der Waals surface area (Å²) in [5.41, 5.74) is 1.34. The minimum absolute atomic E-state index is 0.207. The SMILES string of the molecule is CNC(Cc1cccc(Cl)c1Cl)C1(N(C)C)CCCCC1. The number of halogens is 2. The maximum atomic E-state index is 6.38. The van der Waals surface area contributed by atoms with E-state index in [2.05, 4.69) is 37.4 Å². The molecule has 0 heterocycles. The minimum Gasteiger partial charge on any atom is -0.315 e. The molecule has 0 bridgehead atoms. The second-order valence-corrected chi connectivity index (χ2v) is 7.10. The lowest BCUT2D eigenvalue weighted by Crippen LogP contribution is -2.60. The molecule has 0 spiro atoms. The molecule has 1 saturated carbocycles. The second-order valence-electron chi connectivity index (χ2n) is 6.32. The van der Waals surface area contributed by atoms with Crippen molar-refractivity contribution in [1.29, 1.82) is 0 Å². The van der Waals surface area contributed by atoms with Gasteiger partial charge >= 0.3 is 0 Å². The summed E-state index contributed by atoms with van der Waals surface area (Å²) in [6.45, 7) is 0. The minimum atomic E-state index is 0.207. The van der Waals surface area contributed by atoms with E-state index in [4.69, 9.17) is 23.2 Å². The van der Waals surface area contributed by atoms with E-state index in [1.165, 1.54) is 32.1 Å². The number of rotatable bonds is 5. The Labute approximate surface area is 138 Å². The molecule has 1 unspecified atom stereocenters. The van der Waals surface area contributed by atoms with Gasteiger partial charge in [-0.25, -0.2) is 0 Å². The van der Waals surface area contributed by atoms with Gasteiger partial charge in [-0.05, 0) is 52.0 Å². The van der Waals surface area contributed by atoms with Crippen molar-refractivity contribution in [3.05, 3.63) is 33.8 Å². The van der Waals surface area contributed by atoms with Crippen molar-refractivity contribution < 1.29 is 0 Å². The molecule has 4 heteroatoms. The fourth-order valence-electron chi connectivity index (χ4n) is 3.76. The third-order valence-electron chi connectivity index (χ3n) is 5.06. The van der Waals surface area contributed by atoms with Crippen LogP contribution in [-0.4, -0.2) is 37.6 Å². The third-order valence-corrected chi connectivity index (χ3v) is 5.92. The Bertz CT molecular complexity index is 468. The maximum Gasteiger partial charge on any atom is 0.0624 e. The molecule has 118 valence electrons. The van der Waals surface area contributed by atoms with Crippen LogP contribution in [0.25, 0.3) is 0 Å². The Morgan fingerprint density at radius 3 is 2.43 bits per heavy atom. The van der Waals surface area contributed by atoms with Crippen LogP contribution in [0.1, 0.15) is 37.7 Å². The van der Waals surface area contributed by atoms with Crippen molar-refractivity contribution in [2.75, 3.05) is 21.1 Å². The van der Waals surface area contributed by atoms with Gasteiger partial charge in [0.15, 0.2) is 0 Å². The molecular formula is C17H26Cl2N2. The highest BCUT2D eigenvalue weighted by atomic mass is 35.5. The van der Waals surface area contributed by atoms with Crippen LogP contribution < -0.4 is 5.32 Å².